The number of halogens is 1. The number of nitriles is 1. The molecule has 7 nitrogen and oxygen atoms in total. The minimum atomic E-state index is -0.436. The predicted molar refractivity (Wildman–Crippen MR) is 113 cm³/mol. The molecule has 30 heavy (non-hydrogen) atoms. The lowest BCUT2D eigenvalue weighted by Gasteiger charge is -2.33. The van der Waals surface area contributed by atoms with Gasteiger partial charge in [-0.05, 0) is 42.5 Å². The molecule has 1 atom stereocenters. The summed E-state index contributed by atoms with van der Waals surface area (Å²) in [4.78, 5) is 27.7. The van der Waals surface area contributed by atoms with E-state index in [0.717, 1.165) is 36.3 Å². The summed E-state index contributed by atoms with van der Waals surface area (Å²) in [6, 6.07) is 8.01. The highest BCUT2D eigenvalue weighted by Crippen LogP contribution is 2.29. The lowest BCUT2D eigenvalue weighted by atomic mass is 10.0. The van der Waals surface area contributed by atoms with Gasteiger partial charge in [-0.3, -0.25) is 13.9 Å². The minimum Gasteiger partial charge on any atom is -0.358 e. The van der Waals surface area contributed by atoms with E-state index in [1.54, 1.807) is 7.05 Å². The maximum Gasteiger partial charge on any atom is 0.331 e. The average molecular weight is 409 g/mol. The van der Waals surface area contributed by atoms with Gasteiger partial charge in [0.25, 0.3) is 5.56 Å². The Morgan fingerprint density at radius 1 is 1.20 bits per heavy atom. The van der Waals surface area contributed by atoms with Gasteiger partial charge in [0.05, 0.1) is 23.7 Å². The molecule has 8 heteroatoms. The second-order valence-electron chi connectivity index (χ2n) is 8.13. The molecule has 0 bridgehead atoms. The van der Waals surface area contributed by atoms with Crippen molar-refractivity contribution in [3.05, 3.63) is 62.0 Å². The summed E-state index contributed by atoms with van der Waals surface area (Å²) in [7, 11) is 3.09. The maximum atomic E-state index is 14.0. The molecule has 1 unspecified atom stereocenters. The molecule has 1 aliphatic heterocycles. The molecule has 0 saturated carbocycles. The lowest BCUT2D eigenvalue weighted by molar-refractivity contribution is 0.441. The van der Waals surface area contributed by atoms with Crippen LogP contribution in [-0.4, -0.2) is 26.8 Å². The van der Waals surface area contributed by atoms with Crippen LogP contribution in [0.3, 0.4) is 0 Å². The van der Waals surface area contributed by atoms with Crippen LogP contribution in [0.4, 0.5) is 10.2 Å². The molecule has 1 aliphatic rings. The van der Waals surface area contributed by atoms with Crippen molar-refractivity contribution < 1.29 is 4.39 Å². The predicted octanol–water partition coefficient (Wildman–Crippen LogP) is 2.33. The Morgan fingerprint density at radius 2 is 1.97 bits per heavy atom. The SMILES string of the molecule is CC1CCCN(c2cc3c(c(=O)n(C)c(=O)n3C)n2Cc2cc(F)ccc2C#N)C1. The molecule has 1 saturated heterocycles. The number of rotatable bonds is 3. The van der Waals surface area contributed by atoms with Crippen molar-refractivity contribution in [1.29, 1.82) is 5.26 Å². The van der Waals surface area contributed by atoms with Gasteiger partial charge in [0.15, 0.2) is 0 Å². The smallest absolute Gasteiger partial charge is 0.331 e. The summed E-state index contributed by atoms with van der Waals surface area (Å²) in [5, 5.41) is 9.48. The van der Waals surface area contributed by atoms with E-state index >= 15 is 0 Å². The molecule has 156 valence electrons. The van der Waals surface area contributed by atoms with Gasteiger partial charge in [0.2, 0.25) is 0 Å². The molecule has 3 aromatic rings. The zero-order valence-electron chi connectivity index (χ0n) is 17.4. The van der Waals surface area contributed by atoms with E-state index in [2.05, 4.69) is 17.9 Å². The number of benzene rings is 1. The van der Waals surface area contributed by atoms with Gasteiger partial charge in [-0.1, -0.05) is 6.92 Å². The summed E-state index contributed by atoms with van der Waals surface area (Å²) in [6.07, 6.45) is 2.17. The van der Waals surface area contributed by atoms with Gasteiger partial charge in [0.1, 0.15) is 17.2 Å². The highest BCUT2D eigenvalue weighted by Gasteiger charge is 2.24. The number of hydrogen-bond acceptors (Lipinski definition) is 4. The quantitative estimate of drug-likeness (QED) is 0.665. The normalized spacial score (nSPS) is 16.8. The Bertz CT molecular complexity index is 1290. The molecular weight excluding hydrogens is 385 g/mol. The van der Waals surface area contributed by atoms with E-state index in [9.17, 15) is 19.2 Å². The van der Waals surface area contributed by atoms with Gasteiger partial charge in [-0.2, -0.15) is 5.26 Å². The Labute approximate surface area is 173 Å². The number of hydrogen-bond donors (Lipinski definition) is 0. The van der Waals surface area contributed by atoms with Crippen LogP contribution in [0.15, 0.2) is 33.9 Å². The number of anilines is 1. The summed E-state index contributed by atoms with van der Waals surface area (Å²) < 4.78 is 18.3. The molecule has 0 N–H and O–H groups in total. The Hall–Kier alpha value is -3.34. The molecule has 1 aromatic carbocycles. The minimum absolute atomic E-state index is 0.164. The van der Waals surface area contributed by atoms with Crippen molar-refractivity contribution in [2.75, 3.05) is 18.0 Å². The third-order valence-electron chi connectivity index (χ3n) is 5.99. The summed E-state index contributed by atoms with van der Waals surface area (Å²) in [5.41, 5.74) is 0.966. The third-order valence-corrected chi connectivity index (χ3v) is 5.99. The summed E-state index contributed by atoms with van der Waals surface area (Å²) in [6.45, 7) is 4.02. The summed E-state index contributed by atoms with van der Waals surface area (Å²) in [5.74, 6) is 0.873. The van der Waals surface area contributed by atoms with Gasteiger partial charge in [-0.25, -0.2) is 9.18 Å². The standard InChI is InChI=1S/C22H24FN5O2/c1-14-5-4-8-27(12-14)19-10-18-20(21(29)26(3)22(30)25(18)2)28(19)13-16-9-17(23)7-6-15(16)11-24/h6-7,9-10,14H,4-5,8,12-13H2,1-3H3. The molecular formula is C22H24FN5O2. The first-order valence-electron chi connectivity index (χ1n) is 10.0. The molecule has 1 fully saturated rings. The maximum absolute atomic E-state index is 14.0. The van der Waals surface area contributed by atoms with Gasteiger partial charge >= 0.3 is 5.69 Å². The molecule has 4 rings (SSSR count). The second kappa shape index (κ2) is 7.48. The Morgan fingerprint density at radius 3 is 2.67 bits per heavy atom. The van der Waals surface area contributed by atoms with Crippen molar-refractivity contribution in [1.82, 2.24) is 13.7 Å². The monoisotopic (exact) mass is 409 g/mol. The van der Waals surface area contributed by atoms with E-state index in [0.29, 0.717) is 28.1 Å². The fraction of sp³-hybridized carbons (Fsp3) is 0.409. The number of fused-ring (bicyclic) bond motifs is 1. The fourth-order valence-corrected chi connectivity index (χ4v) is 4.37. The van der Waals surface area contributed by atoms with E-state index in [1.165, 1.54) is 29.8 Å². The molecule has 0 radical (unpaired) electrons. The summed E-state index contributed by atoms with van der Waals surface area (Å²) >= 11 is 0. The molecule has 0 aliphatic carbocycles. The van der Waals surface area contributed by atoms with Crippen molar-refractivity contribution in [2.45, 2.75) is 26.3 Å². The molecule has 3 heterocycles. The first-order valence-corrected chi connectivity index (χ1v) is 10.0. The Kier molecular flexibility index (Phi) is 4.98. The van der Waals surface area contributed by atoms with Gasteiger partial charge in [-0.15, -0.1) is 0 Å². The number of aromatic nitrogens is 3. The second-order valence-corrected chi connectivity index (χ2v) is 8.13. The molecule has 2 aromatic heterocycles. The van der Waals surface area contributed by atoms with Crippen LogP contribution in [0.2, 0.25) is 0 Å². The number of nitrogens with zero attached hydrogens (tertiary/aromatic N) is 5. The zero-order chi connectivity index (χ0) is 21.6. The van der Waals surface area contributed by atoms with Gasteiger partial charge < -0.3 is 9.47 Å². The molecule has 0 spiro atoms. The van der Waals surface area contributed by atoms with Crippen LogP contribution < -0.4 is 16.1 Å². The molecule has 0 amide bonds. The topological polar surface area (TPSA) is 76.0 Å². The van der Waals surface area contributed by atoms with Crippen LogP contribution in [0, 0.1) is 23.1 Å². The van der Waals surface area contributed by atoms with Crippen molar-refractivity contribution in [3.8, 4) is 6.07 Å². The van der Waals surface area contributed by atoms with Crippen LogP contribution >= 0.6 is 0 Å². The van der Waals surface area contributed by atoms with Crippen molar-refractivity contribution >= 4 is 16.9 Å². The van der Waals surface area contributed by atoms with Crippen LogP contribution in [0.1, 0.15) is 30.9 Å². The van der Waals surface area contributed by atoms with E-state index in [1.807, 2.05) is 10.6 Å². The lowest BCUT2D eigenvalue weighted by Crippen LogP contribution is -2.38. The van der Waals surface area contributed by atoms with Crippen LogP contribution in [0.5, 0.6) is 0 Å². The zero-order valence-corrected chi connectivity index (χ0v) is 17.4. The third kappa shape index (κ3) is 3.20. The van der Waals surface area contributed by atoms with E-state index in [-0.39, 0.29) is 6.54 Å². The van der Waals surface area contributed by atoms with Gasteiger partial charge in [0, 0.05) is 33.3 Å². The average Bonchev–Trinajstić information content (AvgIpc) is 3.10. The first-order chi connectivity index (χ1) is 14.3. The van der Waals surface area contributed by atoms with Crippen molar-refractivity contribution in [2.24, 2.45) is 20.0 Å². The Balaban J connectivity index is 2.00. The fourth-order valence-electron chi connectivity index (χ4n) is 4.37. The largest absolute Gasteiger partial charge is 0.358 e. The van der Waals surface area contributed by atoms with Crippen molar-refractivity contribution in [3.63, 3.8) is 0 Å². The van der Waals surface area contributed by atoms with E-state index in [4.69, 9.17) is 0 Å². The highest BCUT2D eigenvalue weighted by molar-refractivity contribution is 5.81. The highest BCUT2D eigenvalue weighted by atomic mass is 19.1. The van der Waals surface area contributed by atoms with Crippen LogP contribution in [0.25, 0.3) is 11.0 Å². The van der Waals surface area contributed by atoms with E-state index < -0.39 is 17.1 Å². The first kappa shape index (κ1) is 20.0. The number of piperidine rings is 1. The number of aryl methyl sites for hydroxylation is 1. The van der Waals surface area contributed by atoms with Crippen LogP contribution in [-0.2, 0) is 20.6 Å².